The second-order valence-corrected chi connectivity index (χ2v) is 8.05. The Morgan fingerprint density at radius 1 is 1.17 bits per heavy atom. The normalized spacial score (nSPS) is 17.9. The van der Waals surface area contributed by atoms with Gasteiger partial charge in [0, 0.05) is 49.9 Å². The van der Waals surface area contributed by atoms with E-state index in [1.807, 2.05) is 18.3 Å². The number of halogens is 2. The van der Waals surface area contributed by atoms with Gasteiger partial charge in [0.05, 0.1) is 30.0 Å². The molecule has 0 N–H and O–H groups in total. The van der Waals surface area contributed by atoms with Gasteiger partial charge < -0.3 is 9.42 Å². The molecule has 5 rings (SSSR count). The zero-order chi connectivity index (χ0) is 20.7. The van der Waals surface area contributed by atoms with Gasteiger partial charge in [-0.15, -0.1) is 0 Å². The second kappa shape index (κ2) is 7.79. The van der Waals surface area contributed by atoms with Gasteiger partial charge in [0.1, 0.15) is 5.76 Å². The molecule has 1 saturated carbocycles. The molecule has 0 atom stereocenters. The average molecular weight is 415 g/mol. The number of aromatic nitrogens is 3. The van der Waals surface area contributed by atoms with Crippen molar-refractivity contribution < 1.29 is 13.3 Å². The van der Waals surface area contributed by atoms with Crippen LogP contribution in [0.2, 0.25) is 0 Å². The Morgan fingerprint density at radius 3 is 2.70 bits per heavy atom. The largest absolute Gasteiger partial charge is 0.369 e. The Kier molecular flexibility index (Phi) is 4.98. The van der Waals surface area contributed by atoms with Crippen molar-refractivity contribution in [1.29, 1.82) is 0 Å². The van der Waals surface area contributed by atoms with Crippen LogP contribution >= 0.6 is 0 Å². The molecule has 7 nitrogen and oxygen atoms in total. The van der Waals surface area contributed by atoms with Crippen molar-refractivity contribution in [2.45, 2.75) is 38.3 Å². The lowest BCUT2D eigenvalue weighted by atomic mass is 10.1. The van der Waals surface area contributed by atoms with Gasteiger partial charge >= 0.3 is 0 Å². The predicted octanol–water partition coefficient (Wildman–Crippen LogP) is 2.85. The van der Waals surface area contributed by atoms with E-state index in [0.717, 1.165) is 48.7 Å². The fourth-order valence-electron chi connectivity index (χ4n) is 4.10. The standard InChI is InChI=1S/C21H23F2N5O2/c22-19(23)12-28-13-24-18-9-16(3-4-17(18)21(28)29)27-7-5-26(6-8-27)11-15-10-25-30-20(15)14-1-2-14/h3-4,9-10,13-14,19H,1-2,5-8,11-12H2. The van der Waals surface area contributed by atoms with Crippen LogP contribution in [0.4, 0.5) is 14.5 Å². The van der Waals surface area contributed by atoms with Crippen molar-refractivity contribution >= 4 is 16.6 Å². The van der Waals surface area contributed by atoms with Crippen LogP contribution in [0.5, 0.6) is 0 Å². The minimum Gasteiger partial charge on any atom is -0.369 e. The predicted molar refractivity (Wildman–Crippen MR) is 108 cm³/mol. The van der Waals surface area contributed by atoms with Crippen LogP contribution in [0.3, 0.4) is 0 Å². The first-order chi connectivity index (χ1) is 14.6. The van der Waals surface area contributed by atoms with Crippen molar-refractivity contribution in [2.75, 3.05) is 31.1 Å². The van der Waals surface area contributed by atoms with E-state index >= 15 is 0 Å². The molecule has 0 amide bonds. The third-order valence-electron chi connectivity index (χ3n) is 5.90. The zero-order valence-corrected chi connectivity index (χ0v) is 16.5. The first-order valence-corrected chi connectivity index (χ1v) is 10.3. The summed E-state index contributed by atoms with van der Waals surface area (Å²) in [7, 11) is 0. The molecule has 3 aromatic rings. The van der Waals surface area contributed by atoms with Gasteiger partial charge in [-0.25, -0.2) is 13.8 Å². The van der Waals surface area contributed by atoms with Gasteiger partial charge in [-0.3, -0.25) is 14.3 Å². The first kappa shape index (κ1) is 19.2. The summed E-state index contributed by atoms with van der Waals surface area (Å²) in [5, 5.41) is 4.34. The van der Waals surface area contributed by atoms with Crippen molar-refractivity contribution in [3.63, 3.8) is 0 Å². The molecule has 1 aliphatic heterocycles. The van der Waals surface area contributed by atoms with Crippen LogP contribution in [0.1, 0.15) is 30.1 Å². The van der Waals surface area contributed by atoms with Gasteiger partial charge in [-0.05, 0) is 31.0 Å². The van der Waals surface area contributed by atoms with Gasteiger partial charge in [-0.2, -0.15) is 0 Å². The maximum atomic E-state index is 12.6. The Hall–Kier alpha value is -2.81. The number of rotatable bonds is 6. The highest BCUT2D eigenvalue weighted by Crippen LogP contribution is 2.41. The summed E-state index contributed by atoms with van der Waals surface area (Å²) < 4.78 is 31.6. The van der Waals surface area contributed by atoms with Crippen LogP contribution in [-0.4, -0.2) is 52.2 Å². The van der Waals surface area contributed by atoms with E-state index in [9.17, 15) is 13.6 Å². The number of nitrogens with zero attached hydrogens (tertiary/aromatic N) is 5. The molecule has 1 aromatic carbocycles. The number of piperazine rings is 1. The molecule has 2 fully saturated rings. The molecule has 3 heterocycles. The average Bonchev–Trinajstić information content (AvgIpc) is 3.49. The molecule has 0 bridgehead atoms. The van der Waals surface area contributed by atoms with Crippen LogP contribution in [0, 0.1) is 0 Å². The van der Waals surface area contributed by atoms with Crippen LogP contribution < -0.4 is 10.5 Å². The fraction of sp³-hybridized carbons (Fsp3) is 0.476. The zero-order valence-electron chi connectivity index (χ0n) is 16.5. The van der Waals surface area contributed by atoms with Crippen LogP contribution in [0.25, 0.3) is 10.9 Å². The fourth-order valence-corrected chi connectivity index (χ4v) is 4.10. The number of alkyl halides is 2. The van der Waals surface area contributed by atoms with Crippen molar-refractivity contribution in [2.24, 2.45) is 0 Å². The quantitative estimate of drug-likeness (QED) is 0.617. The molecular formula is C21H23F2N5O2. The van der Waals surface area contributed by atoms with E-state index in [4.69, 9.17) is 4.52 Å². The molecule has 0 spiro atoms. The highest BCUT2D eigenvalue weighted by Gasteiger charge is 2.31. The lowest BCUT2D eigenvalue weighted by Gasteiger charge is -2.36. The second-order valence-electron chi connectivity index (χ2n) is 8.05. The van der Waals surface area contributed by atoms with E-state index in [2.05, 4.69) is 19.9 Å². The summed E-state index contributed by atoms with van der Waals surface area (Å²) in [4.78, 5) is 21.3. The summed E-state index contributed by atoms with van der Waals surface area (Å²) in [6, 6.07) is 5.43. The Bertz CT molecular complexity index is 1100. The maximum Gasteiger partial charge on any atom is 0.261 e. The molecule has 30 heavy (non-hydrogen) atoms. The summed E-state index contributed by atoms with van der Waals surface area (Å²) in [5.41, 5.74) is 2.28. The number of benzene rings is 1. The molecule has 2 aliphatic rings. The van der Waals surface area contributed by atoms with Crippen molar-refractivity contribution in [3.8, 4) is 0 Å². The number of hydrogen-bond acceptors (Lipinski definition) is 6. The Morgan fingerprint density at radius 2 is 1.97 bits per heavy atom. The molecular weight excluding hydrogens is 392 g/mol. The lowest BCUT2D eigenvalue weighted by molar-refractivity contribution is 0.125. The molecule has 158 valence electrons. The Labute approximate surface area is 171 Å². The minimum atomic E-state index is -2.59. The first-order valence-electron chi connectivity index (χ1n) is 10.3. The minimum absolute atomic E-state index is 0.362. The summed E-state index contributed by atoms with van der Waals surface area (Å²) in [6.07, 6.45) is 2.85. The summed E-state index contributed by atoms with van der Waals surface area (Å²) in [6.45, 7) is 3.76. The topological polar surface area (TPSA) is 67.4 Å². The highest BCUT2D eigenvalue weighted by atomic mass is 19.3. The number of anilines is 1. The van der Waals surface area contributed by atoms with Crippen LogP contribution in [-0.2, 0) is 13.1 Å². The molecule has 2 aromatic heterocycles. The van der Waals surface area contributed by atoms with Gasteiger partial charge in [0.2, 0.25) is 0 Å². The van der Waals surface area contributed by atoms with E-state index in [-0.39, 0.29) is 0 Å². The van der Waals surface area contributed by atoms with E-state index < -0.39 is 18.5 Å². The van der Waals surface area contributed by atoms with Crippen molar-refractivity contribution in [3.05, 3.63) is 52.4 Å². The van der Waals surface area contributed by atoms with E-state index in [1.54, 1.807) is 6.07 Å². The summed E-state index contributed by atoms with van der Waals surface area (Å²) >= 11 is 0. The molecule has 9 heteroatoms. The molecule has 1 saturated heterocycles. The number of hydrogen-bond donors (Lipinski definition) is 0. The SMILES string of the molecule is O=c1c2ccc(N3CCN(Cc4cnoc4C4CC4)CC3)cc2ncn1CC(F)F. The monoisotopic (exact) mass is 415 g/mol. The van der Waals surface area contributed by atoms with Gasteiger partial charge in [-0.1, -0.05) is 5.16 Å². The lowest BCUT2D eigenvalue weighted by Crippen LogP contribution is -2.46. The van der Waals surface area contributed by atoms with E-state index in [1.165, 1.54) is 24.7 Å². The Balaban J connectivity index is 1.26. The molecule has 1 aliphatic carbocycles. The highest BCUT2D eigenvalue weighted by molar-refractivity contribution is 5.81. The summed E-state index contributed by atoms with van der Waals surface area (Å²) in [5.74, 6) is 1.61. The third kappa shape index (κ3) is 3.81. The maximum absolute atomic E-state index is 12.6. The van der Waals surface area contributed by atoms with Gasteiger partial charge in [0.25, 0.3) is 12.0 Å². The van der Waals surface area contributed by atoms with E-state index in [0.29, 0.717) is 16.8 Å². The van der Waals surface area contributed by atoms with Crippen molar-refractivity contribution in [1.82, 2.24) is 19.6 Å². The van der Waals surface area contributed by atoms with Crippen LogP contribution in [0.15, 0.2) is 40.0 Å². The van der Waals surface area contributed by atoms with Gasteiger partial charge in [0.15, 0.2) is 0 Å². The molecule has 0 unspecified atom stereocenters. The smallest absolute Gasteiger partial charge is 0.261 e. The molecule has 0 radical (unpaired) electrons. The number of fused-ring (bicyclic) bond motifs is 1. The third-order valence-corrected chi connectivity index (χ3v) is 5.90.